The molecule has 0 atom stereocenters. The smallest absolute Gasteiger partial charge is 0.0622 e. The fourth-order valence-corrected chi connectivity index (χ4v) is 5.19. The molecule has 4 aromatic heterocycles. The Balaban J connectivity index is 0.00000169. The maximum absolute atomic E-state index is 4.79. The lowest BCUT2D eigenvalue weighted by atomic mass is 10.1. The first kappa shape index (κ1) is 35.5. The maximum Gasteiger partial charge on any atom is 0.0622 e. The third kappa shape index (κ3) is 8.91. The zero-order chi connectivity index (χ0) is 27.0. The van der Waals surface area contributed by atoms with Crippen LogP contribution in [-0.2, 0) is 26.2 Å². The minimum atomic E-state index is 0. The Morgan fingerprint density at radius 3 is 1.20 bits per heavy atom. The summed E-state index contributed by atoms with van der Waals surface area (Å²) in [4.78, 5) is 23.7. The van der Waals surface area contributed by atoms with E-state index in [-0.39, 0.29) is 21.9 Å². The van der Waals surface area contributed by atoms with Crippen LogP contribution in [0.2, 0.25) is 0 Å². The number of benzene rings is 2. The van der Waals surface area contributed by atoms with Gasteiger partial charge >= 0.3 is 0 Å². The molecule has 0 unspecified atom stereocenters. The second-order valence-corrected chi connectivity index (χ2v) is 10.0. The van der Waals surface area contributed by atoms with Gasteiger partial charge in [-0.05, 0) is 47.2 Å². The van der Waals surface area contributed by atoms with Crippen LogP contribution in [0.1, 0.15) is 22.8 Å². The molecule has 0 aliphatic rings. The summed E-state index contributed by atoms with van der Waals surface area (Å²) in [6, 6.07) is 33.3. The normalized spacial score (nSPS) is 10.5. The van der Waals surface area contributed by atoms with Crippen LogP contribution in [0.25, 0.3) is 21.5 Å². The number of nitrogens with zero attached hydrogens (tertiary/aromatic N) is 6. The number of pyridine rings is 4. The first-order chi connectivity index (χ1) is 19.8. The van der Waals surface area contributed by atoms with Crippen molar-refractivity contribution in [3.63, 3.8) is 0 Å². The van der Waals surface area contributed by atoms with Crippen LogP contribution in [0.3, 0.4) is 0 Å². The largest absolute Gasteiger partial charge is 0.412 e. The topological polar surface area (TPSA) is 184 Å². The summed E-state index contributed by atoms with van der Waals surface area (Å²) in [7, 11) is 0. The van der Waals surface area contributed by atoms with Gasteiger partial charge in [-0.1, -0.05) is 60.7 Å². The molecule has 4 heterocycles. The lowest BCUT2D eigenvalue weighted by Gasteiger charge is -2.28. The van der Waals surface area contributed by atoms with Gasteiger partial charge in [0.1, 0.15) is 0 Å². The van der Waals surface area contributed by atoms with E-state index in [1.54, 1.807) is 0 Å². The Hall–Kier alpha value is -4.68. The average Bonchev–Trinajstić information content (AvgIpc) is 3.01. The zero-order valence-corrected chi connectivity index (χ0v) is 24.5. The molecule has 0 saturated carbocycles. The Kier molecular flexibility index (Phi) is 14.1. The lowest BCUT2D eigenvalue weighted by molar-refractivity contribution is 0.179. The van der Waals surface area contributed by atoms with Gasteiger partial charge in [0.15, 0.2) is 0 Å². The van der Waals surface area contributed by atoms with Crippen LogP contribution in [0, 0.1) is 0 Å². The van der Waals surface area contributed by atoms with Crippen molar-refractivity contribution >= 4 is 21.5 Å². The summed E-state index contributed by atoms with van der Waals surface area (Å²) in [5.74, 6) is 0. The minimum Gasteiger partial charge on any atom is -0.412 e. The van der Waals surface area contributed by atoms with Crippen LogP contribution < -0.4 is 0 Å². The highest BCUT2D eigenvalue weighted by molar-refractivity contribution is 5.84. The van der Waals surface area contributed by atoms with E-state index in [0.717, 1.165) is 62.0 Å². The summed E-state index contributed by atoms with van der Waals surface area (Å²) >= 11 is 0. The number of rotatable bonds is 11. The van der Waals surface area contributed by atoms with Crippen LogP contribution in [0.15, 0.2) is 122 Å². The molecule has 0 aliphatic heterocycles. The van der Waals surface area contributed by atoms with Crippen molar-refractivity contribution in [1.29, 1.82) is 0 Å². The molecule has 0 radical (unpaired) electrons. The van der Waals surface area contributed by atoms with E-state index in [1.165, 1.54) is 21.5 Å². The number of hydrogen-bond acceptors (Lipinski definition) is 6. The molecule has 2 aromatic carbocycles. The summed E-state index contributed by atoms with van der Waals surface area (Å²) in [5.41, 5.74) is 4.27. The molecule has 0 spiro atoms. The van der Waals surface area contributed by atoms with E-state index < -0.39 is 0 Å². The van der Waals surface area contributed by atoms with E-state index >= 15 is 0 Å². The molecule has 44 heavy (non-hydrogen) atoms. The van der Waals surface area contributed by atoms with Crippen molar-refractivity contribution < 1.29 is 21.9 Å². The van der Waals surface area contributed by atoms with E-state index in [9.17, 15) is 0 Å². The van der Waals surface area contributed by atoms with Crippen LogP contribution >= 0.6 is 0 Å². The number of aromatic nitrogens is 4. The highest BCUT2D eigenvalue weighted by Gasteiger charge is 2.16. The summed E-state index contributed by atoms with van der Waals surface area (Å²) in [6.07, 6.45) is 7.55. The van der Waals surface area contributed by atoms with Gasteiger partial charge in [0.05, 0.1) is 22.8 Å². The first-order valence-electron chi connectivity index (χ1n) is 13.7. The van der Waals surface area contributed by atoms with Crippen molar-refractivity contribution in [3.8, 4) is 0 Å². The Morgan fingerprint density at radius 1 is 0.386 bits per heavy atom. The van der Waals surface area contributed by atoms with Gasteiger partial charge in [0, 0.05) is 74.8 Å². The molecule has 0 bridgehead atoms. The molecule has 230 valence electrons. The highest BCUT2D eigenvalue weighted by atomic mass is 16.0. The van der Waals surface area contributed by atoms with Gasteiger partial charge in [0.25, 0.3) is 0 Å². The third-order valence-electron chi connectivity index (χ3n) is 7.22. The van der Waals surface area contributed by atoms with Crippen LogP contribution in [0.5, 0.6) is 0 Å². The molecule has 6 rings (SSSR count). The van der Waals surface area contributed by atoms with E-state index in [0.29, 0.717) is 0 Å². The second kappa shape index (κ2) is 17.4. The monoisotopic (exact) mass is 596 g/mol. The Morgan fingerprint density at radius 2 is 0.795 bits per heavy atom. The van der Waals surface area contributed by atoms with Crippen molar-refractivity contribution in [2.24, 2.45) is 0 Å². The first-order valence-corrected chi connectivity index (χ1v) is 13.7. The summed E-state index contributed by atoms with van der Waals surface area (Å²) in [6.45, 7) is 4.66. The maximum atomic E-state index is 4.79. The summed E-state index contributed by atoms with van der Waals surface area (Å²) < 4.78 is 0. The van der Waals surface area contributed by atoms with Gasteiger partial charge in [0.2, 0.25) is 0 Å². The predicted molar refractivity (Wildman–Crippen MR) is 175 cm³/mol. The quantitative estimate of drug-likeness (QED) is 0.221. The van der Waals surface area contributed by atoms with Gasteiger partial charge in [-0.25, -0.2) is 0 Å². The third-order valence-corrected chi connectivity index (χ3v) is 7.22. The predicted octanol–water partition coefficient (Wildman–Crippen LogP) is 2.98. The fourth-order valence-electron chi connectivity index (χ4n) is 5.19. The molecule has 8 N–H and O–H groups in total. The van der Waals surface area contributed by atoms with Crippen LogP contribution in [-0.4, -0.2) is 64.7 Å². The molecule has 0 saturated heterocycles. The van der Waals surface area contributed by atoms with Gasteiger partial charge in [-0.2, -0.15) is 0 Å². The van der Waals surface area contributed by atoms with Crippen molar-refractivity contribution in [2.75, 3.05) is 13.1 Å². The van der Waals surface area contributed by atoms with Crippen molar-refractivity contribution in [3.05, 3.63) is 145 Å². The minimum absolute atomic E-state index is 0. The zero-order valence-electron chi connectivity index (χ0n) is 24.5. The number of hydrogen-bond donors (Lipinski definition) is 0. The highest BCUT2D eigenvalue weighted by Crippen LogP contribution is 2.21. The van der Waals surface area contributed by atoms with Gasteiger partial charge in [-0.3, -0.25) is 29.7 Å². The van der Waals surface area contributed by atoms with E-state index in [1.807, 2.05) is 36.9 Å². The van der Waals surface area contributed by atoms with Crippen molar-refractivity contribution in [1.82, 2.24) is 29.7 Å². The Bertz CT molecular complexity index is 1550. The SMILES string of the molecule is O.O.O.O.c1ccc(CN(CCN(Cc2ccccn2)Cc2nccc3ccccc23)Cc2nccc3ccccc23)nc1. The molecule has 0 fully saturated rings. The molecular formula is C34H40N6O4. The number of fused-ring (bicyclic) bond motifs is 2. The molecule has 0 aliphatic carbocycles. The van der Waals surface area contributed by atoms with Gasteiger partial charge < -0.3 is 21.9 Å². The van der Waals surface area contributed by atoms with E-state index in [2.05, 4.69) is 105 Å². The standard InChI is InChI=1S/C34H32N6.4H2O/c1-3-13-31-27(9-1)15-19-37-33(31)25-39(23-29-11-5-7-17-35-29)21-22-40(24-30-12-6-8-18-36-30)26-34-32-14-4-2-10-28(32)16-20-38-34;;;;/h1-20H,21-26H2;4*1H2. The van der Waals surface area contributed by atoms with Crippen LogP contribution in [0.4, 0.5) is 0 Å². The molecular weight excluding hydrogens is 556 g/mol. The molecule has 10 nitrogen and oxygen atoms in total. The van der Waals surface area contributed by atoms with Gasteiger partial charge in [-0.15, -0.1) is 0 Å². The average molecular weight is 597 g/mol. The molecule has 10 heteroatoms. The molecule has 0 amide bonds. The Labute approximate surface area is 256 Å². The molecule has 6 aromatic rings. The van der Waals surface area contributed by atoms with E-state index in [4.69, 9.17) is 9.97 Å². The summed E-state index contributed by atoms with van der Waals surface area (Å²) in [5, 5.41) is 4.82. The second-order valence-electron chi connectivity index (χ2n) is 10.0. The lowest BCUT2D eigenvalue weighted by Crippen LogP contribution is -2.35. The fraction of sp³-hybridized carbons (Fsp3) is 0.176. The van der Waals surface area contributed by atoms with Crippen molar-refractivity contribution in [2.45, 2.75) is 26.2 Å².